The average Bonchev–Trinajstić information content (AvgIpc) is 2.82. The number of hydrogen-bond acceptors (Lipinski definition) is 6. The number of aromatic nitrogens is 2. The fourth-order valence-electron chi connectivity index (χ4n) is 4.73. The maximum Gasteiger partial charge on any atom is 0.259 e. The Kier molecular flexibility index (Phi) is 6.66. The van der Waals surface area contributed by atoms with Crippen molar-refractivity contribution in [3.05, 3.63) is 52.2 Å². The standard InChI is InChI=1S/C26H31N5O4S/c1-7-30(8-2)16-13-14-18-20(15-16)31(9-3)24-22(26(33)29(4)5)25(32)17-11-10-12-19(28-36(6,34)35)21(17)23(24)27-18/h10-15,28H,7-9H2,1-6H3. The second-order valence-electron chi connectivity index (χ2n) is 8.90. The van der Waals surface area contributed by atoms with Crippen molar-refractivity contribution in [2.45, 2.75) is 27.3 Å². The number of aryl methyl sites for hydroxylation is 1. The highest BCUT2D eigenvalue weighted by atomic mass is 32.2. The predicted molar refractivity (Wildman–Crippen MR) is 146 cm³/mol. The van der Waals surface area contributed by atoms with Crippen LogP contribution in [0.1, 0.15) is 31.1 Å². The van der Waals surface area contributed by atoms with E-state index in [4.69, 9.17) is 4.98 Å². The molecule has 1 aliphatic heterocycles. The van der Waals surface area contributed by atoms with Gasteiger partial charge in [0.25, 0.3) is 5.91 Å². The van der Waals surface area contributed by atoms with Crippen LogP contribution in [0, 0.1) is 0 Å². The summed E-state index contributed by atoms with van der Waals surface area (Å²) < 4.78 is 28.7. The predicted octanol–water partition coefficient (Wildman–Crippen LogP) is 3.59. The van der Waals surface area contributed by atoms with Crippen molar-refractivity contribution in [2.75, 3.05) is 43.1 Å². The van der Waals surface area contributed by atoms with E-state index in [0.29, 0.717) is 28.8 Å². The molecule has 1 amide bonds. The maximum atomic E-state index is 13.8. The molecule has 10 heteroatoms. The van der Waals surface area contributed by atoms with Crippen molar-refractivity contribution in [3.8, 4) is 11.4 Å². The third-order valence-electron chi connectivity index (χ3n) is 6.35. The molecule has 2 aromatic carbocycles. The normalized spacial score (nSPS) is 11.8. The second kappa shape index (κ2) is 9.42. The van der Waals surface area contributed by atoms with Crippen molar-refractivity contribution in [3.63, 3.8) is 0 Å². The lowest BCUT2D eigenvalue weighted by molar-refractivity contribution is 0.0826. The van der Waals surface area contributed by atoms with Crippen LogP contribution in [0.5, 0.6) is 0 Å². The first-order chi connectivity index (χ1) is 17.0. The monoisotopic (exact) mass is 509 g/mol. The summed E-state index contributed by atoms with van der Waals surface area (Å²) in [6, 6.07) is 10.7. The molecule has 9 nitrogen and oxygen atoms in total. The van der Waals surface area contributed by atoms with Crippen molar-refractivity contribution in [1.82, 2.24) is 14.5 Å². The lowest BCUT2D eigenvalue weighted by Gasteiger charge is -2.25. The zero-order chi connectivity index (χ0) is 26.4. The number of anilines is 2. The Morgan fingerprint density at radius 3 is 2.36 bits per heavy atom. The van der Waals surface area contributed by atoms with E-state index in [0.717, 1.165) is 30.5 Å². The SMILES string of the molecule is CCN(CC)c1ccc2nc3c4c(NS(C)(=O)=O)cccc4c(=O)c(C(=O)N(C)C)c-3n(CC)c2c1. The summed E-state index contributed by atoms with van der Waals surface area (Å²) in [6.45, 7) is 8.24. The number of rotatable bonds is 7. The smallest absolute Gasteiger partial charge is 0.259 e. The summed E-state index contributed by atoms with van der Waals surface area (Å²) in [4.78, 5) is 35.7. The van der Waals surface area contributed by atoms with Crippen molar-refractivity contribution in [2.24, 2.45) is 0 Å². The highest BCUT2D eigenvalue weighted by molar-refractivity contribution is 7.92. The van der Waals surface area contributed by atoms with Gasteiger partial charge in [-0.2, -0.15) is 0 Å². The molecule has 2 aromatic rings. The van der Waals surface area contributed by atoms with Crippen LogP contribution >= 0.6 is 0 Å². The Morgan fingerprint density at radius 2 is 1.78 bits per heavy atom. The number of sulfonamides is 1. The summed E-state index contributed by atoms with van der Waals surface area (Å²) in [6.07, 6.45) is 1.06. The molecule has 0 radical (unpaired) electrons. The number of fused-ring (bicyclic) bond motifs is 4. The number of amides is 1. The molecule has 4 rings (SSSR count). The second-order valence-corrected chi connectivity index (χ2v) is 10.7. The zero-order valence-electron chi connectivity index (χ0n) is 21.4. The minimum atomic E-state index is -3.64. The van der Waals surface area contributed by atoms with Crippen molar-refractivity contribution < 1.29 is 13.2 Å². The van der Waals surface area contributed by atoms with E-state index in [1.54, 1.807) is 32.3 Å². The van der Waals surface area contributed by atoms with Crippen molar-refractivity contribution in [1.29, 1.82) is 0 Å². The van der Waals surface area contributed by atoms with Gasteiger partial charge in [0.2, 0.25) is 15.5 Å². The Hall–Kier alpha value is -3.66. The first-order valence-corrected chi connectivity index (χ1v) is 13.8. The van der Waals surface area contributed by atoms with Gasteiger partial charge in [-0.25, -0.2) is 13.4 Å². The molecular weight excluding hydrogens is 478 g/mol. The summed E-state index contributed by atoms with van der Waals surface area (Å²) in [5.41, 5.74) is 3.06. The molecule has 1 N–H and O–H groups in total. The molecule has 36 heavy (non-hydrogen) atoms. The molecular formula is C26H31N5O4S. The van der Waals surface area contributed by atoms with Gasteiger partial charge in [-0.3, -0.25) is 14.3 Å². The van der Waals surface area contributed by atoms with E-state index in [1.807, 2.05) is 29.7 Å². The van der Waals surface area contributed by atoms with Crippen LogP contribution in [0.3, 0.4) is 0 Å². The van der Waals surface area contributed by atoms with Crippen LogP contribution in [0.25, 0.3) is 33.2 Å². The molecule has 0 unspecified atom stereocenters. The van der Waals surface area contributed by atoms with Gasteiger partial charge in [-0.05, 0) is 45.0 Å². The molecule has 0 bridgehead atoms. The summed E-state index contributed by atoms with van der Waals surface area (Å²) >= 11 is 0. The van der Waals surface area contributed by atoms with Crippen molar-refractivity contribution >= 4 is 49.1 Å². The lowest BCUT2D eigenvalue weighted by Crippen LogP contribution is -2.31. The quantitative estimate of drug-likeness (QED) is 0.302. The van der Waals surface area contributed by atoms with Gasteiger partial charge in [0, 0.05) is 50.2 Å². The molecule has 0 fully saturated rings. The number of carbonyl (C=O) groups is 1. The van der Waals surface area contributed by atoms with Crippen LogP contribution in [0.2, 0.25) is 0 Å². The van der Waals surface area contributed by atoms with Gasteiger partial charge in [0.05, 0.1) is 34.4 Å². The molecule has 2 aliphatic rings. The Labute approximate surface area is 210 Å². The van der Waals surface area contributed by atoms with E-state index in [9.17, 15) is 18.0 Å². The van der Waals surface area contributed by atoms with E-state index in [1.165, 1.54) is 4.90 Å². The minimum Gasteiger partial charge on any atom is -0.372 e. The molecule has 0 saturated carbocycles. The van der Waals surface area contributed by atoms with Gasteiger partial charge >= 0.3 is 0 Å². The van der Waals surface area contributed by atoms with Gasteiger partial charge in [0.1, 0.15) is 5.56 Å². The number of nitrogens with zero attached hydrogens (tertiary/aromatic N) is 4. The molecule has 190 valence electrons. The summed E-state index contributed by atoms with van der Waals surface area (Å²) in [5.74, 6) is -0.434. The van der Waals surface area contributed by atoms with Crippen LogP contribution in [0.15, 0.2) is 41.2 Å². The van der Waals surface area contributed by atoms with E-state index in [2.05, 4.69) is 23.5 Å². The molecule has 1 heterocycles. The van der Waals surface area contributed by atoms with E-state index < -0.39 is 21.4 Å². The highest BCUT2D eigenvalue weighted by Gasteiger charge is 2.30. The van der Waals surface area contributed by atoms with E-state index >= 15 is 0 Å². The van der Waals surface area contributed by atoms with Crippen LogP contribution in [-0.2, 0) is 16.6 Å². The number of benzene rings is 3. The summed E-state index contributed by atoms with van der Waals surface area (Å²) in [7, 11) is -0.437. The first kappa shape index (κ1) is 25.4. The lowest BCUT2D eigenvalue weighted by atomic mass is 9.95. The third-order valence-corrected chi connectivity index (χ3v) is 6.94. The maximum absolute atomic E-state index is 13.8. The van der Waals surface area contributed by atoms with Crippen LogP contribution < -0.4 is 15.1 Å². The molecule has 0 aromatic heterocycles. The molecule has 0 spiro atoms. The first-order valence-electron chi connectivity index (χ1n) is 11.9. The zero-order valence-corrected chi connectivity index (χ0v) is 22.2. The highest BCUT2D eigenvalue weighted by Crippen LogP contribution is 2.38. The Bertz CT molecular complexity index is 1620. The van der Waals surface area contributed by atoms with Gasteiger partial charge in [0.15, 0.2) is 0 Å². The van der Waals surface area contributed by atoms with Gasteiger partial charge < -0.3 is 14.4 Å². The van der Waals surface area contributed by atoms with Gasteiger partial charge in [-0.1, -0.05) is 12.1 Å². The topological polar surface area (TPSA) is 105 Å². The Balaban J connectivity index is 2.27. The summed E-state index contributed by atoms with van der Waals surface area (Å²) in [5, 5.41) is 0.603. The average molecular weight is 510 g/mol. The Morgan fingerprint density at radius 1 is 1.08 bits per heavy atom. The fraction of sp³-hybridized carbons (Fsp3) is 0.346. The fourth-order valence-corrected chi connectivity index (χ4v) is 5.30. The molecule has 0 atom stereocenters. The van der Waals surface area contributed by atoms with Crippen LogP contribution in [0.4, 0.5) is 11.4 Å². The van der Waals surface area contributed by atoms with Crippen LogP contribution in [-0.4, -0.2) is 62.2 Å². The third kappa shape index (κ3) is 4.26. The van der Waals surface area contributed by atoms with E-state index in [-0.39, 0.29) is 16.6 Å². The number of carbonyl (C=O) groups excluding carboxylic acids is 1. The molecule has 1 aliphatic carbocycles. The van der Waals surface area contributed by atoms with Gasteiger partial charge in [-0.15, -0.1) is 0 Å². The number of nitrogens with one attached hydrogen (secondary N) is 1. The largest absolute Gasteiger partial charge is 0.372 e. The number of hydrogen-bond donors (Lipinski definition) is 1. The molecule has 0 saturated heterocycles. The minimum absolute atomic E-state index is 0.0171.